The van der Waals surface area contributed by atoms with Crippen molar-refractivity contribution in [3.05, 3.63) is 65.5 Å². The second-order valence-electron chi connectivity index (χ2n) is 7.69. The lowest BCUT2D eigenvalue weighted by Gasteiger charge is -2.33. The minimum Gasteiger partial charge on any atom is -0.371 e. The highest BCUT2D eigenvalue weighted by atomic mass is 16.5. The number of hydrogen-bond donors (Lipinski definition) is 1. The Balaban J connectivity index is 1.27. The van der Waals surface area contributed by atoms with E-state index in [0.717, 1.165) is 31.5 Å². The van der Waals surface area contributed by atoms with Gasteiger partial charge in [0, 0.05) is 30.3 Å². The highest BCUT2D eigenvalue weighted by molar-refractivity contribution is 5.78. The van der Waals surface area contributed by atoms with Crippen molar-refractivity contribution in [1.82, 2.24) is 15.5 Å². The molecule has 1 saturated heterocycles. The number of rotatable bonds is 5. The van der Waals surface area contributed by atoms with Crippen LogP contribution in [0.5, 0.6) is 0 Å². The van der Waals surface area contributed by atoms with E-state index in [1.54, 1.807) is 0 Å². The molecule has 29 heavy (non-hydrogen) atoms. The van der Waals surface area contributed by atoms with Crippen LogP contribution in [0.15, 0.2) is 53.1 Å². The van der Waals surface area contributed by atoms with Gasteiger partial charge in [0.05, 0.1) is 6.54 Å². The molecular weight excluding hydrogens is 364 g/mol. The Morgan fingerprint density at radius 1 is 1.03 bits per heavy atom. The Hall–Kier alpha value is -3.15. The molecule has 6 heteroatoms. The number of hydrogen-bond acceptors (Lipinski definition) is 5. The zero-order chi connectivity index (χ0) is 20.2. The van der Waals surface area contributed by atoms with Crippen molar-refractivity contribution >= 4 is 11.6 Å². The second kappa shape index (κ2) is 8.47. The molecule has 1 aliphatic rings. The van der Waals surface area contributed by atoms with Crippen LogP contribution < -0.4 is 10.2 Å². The predicted octanol–water partition coefficient (Wildman–Crippen LogP) is 3.89. The van der Waals surface area contributed by atoms with Crippen molar-refractivity contribution in [3.63, 3.8) is 0 Å². The van der Waals surface area contributed by atoms with E-state index in [2.05, 4.69) is 51.5 Å². The first-order valence-electron chi connectivity index (χ1n) is 10.1. The third kappa shape index (κ3) is 4.65. The molecule has 1 aromatic heterocycles. The highest BCUT2D eigenvalue weighted by Crippen LogP contribution is 2.24. The van der Waals surface area contributed by atoms with Gasteiger partial charge in [-0.2, -0.15) is 4.98 Å². The van der Waals surface area contributed by atoms with E-state index in [-0.39, 0.29) is 18.4 Å². The summed E-state index contributed by atoms with van der Waals surface area (Å²) in [6.45, 7) is 6.16. The Kier molecular flexibility index (Phi) is 5.60. The Labute approximate surface area is 170 Å². The molecule has 2 aromatic carbocycles. The summed E-state index contributed by atoms with van der Waals surface area (Å²) >= 11 is 0. The summed E-state index contributed by atoms with van der Waals surface area (Å²) in [5.41, 5.74) is 4.57. The van der Waals surface area contributed by atoms with Crippen LogP contribution in [0.2, 0.25) is 0 Å². The van der Waals surface area contributed by atoms with E-state index in [0.29, 0.717) is 11.7 Å². The second-order valence-corrected chi connectivity index (χ2v) is 7.69. The summed E-state index contributed by atoms with van der Waals surface area (Å²) in [5, 5.41) is 6.96. The van der Waals surface area contributed by atoms with E-state index in [1.807, 2.05) is 31.2 Å². The van der Waals surface area contributed by atoms with Gasteiger partial charge in [-0.15, -0.1) is 0 Å². The van der Waals surface area contributed by atoms with Crippen molar-refractivity contribution in [2.75, 3.05) is 18.0 Å². The van der Waals surface area contributed by atoms with Gasteiger partial charge in [-0.1, -0.05) is 52.7 Å². The lowest BCUT2D eigenvalue weighted by molar-refractivity contribution is -0.125. The molecule has 1 fully saturated rings. The van der Waals surface area contributed by atoms with Crippen LogP contribution in [0.25, 0.3) is 11.4 Å². The quantitative estimate of drug-likeness (QED) is 0.716. The molecule has 2 heterocycles. The number of carbonyl (C=O) groups is 1. The van der Waals surface area contributed by atoms with Crippen molar-refractivity contribution in [1.29, 1.82) is 0 Å². The van der Waals surface area contributed by atoms with Gasteiger partial charge in [0.1, 0.15) is 0 Å². The number of piperidine rings is 1. The minimum absolute atomic E-state index is 0.0242. The monoisotopic (exact) mass is 390 g/mol. The van der Waals surface area contributed by atoms with Gasteiger partial charge >= 0.3 is 0 Å². The van der Waals surface area contributed by atoms with Gasteiger partial charge in [-0.05, 0) is 38.8 Å². The molecule has 0 atom stereocenters. The van der Waals surface area contributed by atoms with E-state index in [9.17, 15) is 4.79 Å². The number of anilines is 1. The van der Waals surface area contributed by atoms with Crippen LogP contribution in [-0.2, 0) is 11.3 Å². The van der Waals surface area contributed by atoms with Crippen LogP contribution in [0, 0.1) is 19.8 Å². The summed E-state index contributed by atoms with van der Waals surface area (Å²) in [6.07, 6.45) is 1.69. The van der Waals surface area contributed by atoms with Gasteiger partial charge in [0.25, 0.3) is 0 Å². The smallest absolute Gasteiger partial charge is 0.246 e. The molecule has 4 rings (SSSR count). The normalized spacial score (nSPS) is 14.8. The van der Waals surface area contributed by atoms with E-state index in [1.165, 1.54) is 16.8 Å². The molecule has 1 amide bonds. The molecule has 1 aliphatic heterocycles. The topological polar surface area (TPSA) is 71.3 Å². The lowest BCUT2D eigenvalue weighted by atomic mass is 9.95. The Morgan fingerprint density at radius 2 is 1.66 bits per heavy atom. The minimum atomic E-state index is 0.0242. The zero-order valence-corrected chi connectivity index (χ0v) is 16.9. The van der Waals surface area contributed by atoms with Gasteiger partial charge in [0.2, 0.25) is 17.6 Å². The molecule has 0 spiro atoms. The van der Waals surface area contributed by atoms with Crippen LogP contribution in [0.4, 0.5) is 5.69 Å². The van der Waals surface area contributed by atoms with Crippen molar-refractivity contribution in [2.24, 2.45) is 5.92 Å². The maximum Gasteiger partial charge on any atom is 0.246 e. The van der Waals surface area contributed by atoms with Gasteiger partial charge in [-0.3, -0.25) is 4.79 Å². The van der Waals surface area contributed by atoms with E-state index in [4.69, 9.17) is 4.52 Å². The largest absolute Gasteiger partial charge is 0.371 e. The van der Waals surface area contributed by atoms with E-state index >= 15 is 0 Å². The SMILES string of the molecule is Cc1ccc(-c2noc(CNC(=O)C3CCN(c4ccc(C)cc4)CC3)n2)cc1. The summed E-state index contributed by atoms with van der Waals surface area (Å²) in [6, 6.07) is 16.5. The number of benzene rings is 2. The highest BCUT2D eigenvalue weighted by Gasteiger charge is 2.25. The average molecular weight is 390 g/mol. The molecule has 1 N–H and O–H groups in total. The maximum absolute atomic E-state index is 12.6. The van der Waals surface area contributed by atoms with Crippen LogP contribution in [0.1, 0.15) is 29.9 Å². The Bertz CT molecular complexity index is 955. The van der Waals surface area contributed by atoms with E-state index < -0.39 is 0 Å². The van der Waals surface area contributed by atoms with Crippen LogP contribution >= 0.6 is 0 Å². The first kappa shape index (κ1) is 19.2. The fourth-order valence-electron chi connectivity index (χ4n) is 3.61. The van der Waals surface area contributed by atoms with Gasteiger partial charge in [0.15, 0.2) is 0 Å². The molecule has 0 saturated carbocycles. The molecule has 0 unspecified atom stereocenters. The van der Waals surface area contributed by atoms with Gasteiger partial charge in [-0.25, -0.2) is 0 Å². The third-order valence-corrected chi connectivity index (χ3v) is 5.46. The van der Waals surface area contributed by atoms with Crippen LogP contribution in [0.3, 0.4) is 0 Å². The lowest BCUT2D eigenvalue weighted by Crippen LogP contribution is -2.40. The number of nitrogens with one attached hydrogen (secondary N) is 1. The summed E-state index contributed by atoms with van der Waals surface area (Å²) in [4.78, 5) is 19.3. The number of amides is 1. The number of carbonyl (C=O) groups excluding carboxylic acids is 1. The summed E-state index contributed by atoms with van der Waals surface area (Å²) < 4.78 is 5.29. The maximum atomic E-state index is 12.6. The fourth-order valence-corrected chi connectivity index (χ4v) is 3.61. The molecule has 0 aliphatic carbocycles. The predicted molar refractivity (Wildman–Crippen MR) is 112 cm³/mol. The summed E-state index contributed by atoms with van der Waals surface area (Å²) in [7, 11) is 0. The number of aromatic nitrogens is 2. The van der Waals surface area contributed by atoms with Gasteiger partial charge < -0.3 is 14.7 Å². The molecule has 150 valence electrons. The Morgan fingerprint density at radius 3 is 2.31 bits per heavy atom. The fraction of sp³-hybridized carbons (Fsp3) is 0.348. The molecule has 6 nitrogen and oxygen atoms in total. The van der Waals surface area contributed by atoms with Crippen molar-refractivity contribution in [3.8, 4) is 11.4 Å². The van der Waals surface area contributed by atoms with Crippen molar-refractivity contribution in [2.45, 2.75) is 33.2 Å². The number of nitrogens with zero attached hydrogens (tertiary/aromatic N) is 3. The first-order chi connectivity index (χ1) is 14.1. The average Bonchev–Trinajstić information content (AvgIpc) is 3.22. The van der Waals surface area contributed by atoms with Crippen molar-refractivity contribution < 1.29 is 9.32 Å². The number of aryl methyl sites for hydroxylation is 2. The van der Waals surface area contributed by atoms with Crippen LogP contribution in [-0.4, -0.2) is 29.1 Å². The molecule has 0 bridgehead atoms. The third-order valence-electron chi connectivity index (χ3n) is 5.46. The molecule has 0 radical (unpaired) electrons. The molecule has 3 aromatic rings. The zero-order valence-electron chi connectivity index (χ0n) is 16.9. The molecular formula is C23H26N4O2. The first-order valence-corrected chi connectivity index (χ1v) is 10.1. The standard InChI is InChI=1S/C23H26N4O2/c1-16-3-7-18(8-4-16)22-25-21(29-26-22)15-24-23(28)19-11-13-27(14-12-19)20-9-5-17(2)6-10-20/h3-10,19H,11-15H2,1-2H3,(H,24,28). The summed E-state index contributed by atoms with van der Waals surface area (Å²) in [5.74, 6) is 1.05.